The van der Waals surface area contributed by atoms with Crippen molar-refractivity contribution in [2.75, 3.05) is 26.2 Å². The number of piperidine rings is 1. The van der Waals surface area contributed by atoms with Gasteiger partial charge in [0, 0.05) is 34.2 Å². The third kappa shape index (κ3) is 5.58. The summed E-state index contributed by atoms with van der Waals surface area (Å²) < 4.78 is 18.7. The van der Waals surface area contributed by atoms with Gasteiger partial charge in [-0.1, -0.05) is 66.6 Å². The van der Waals surface area contributed by atoms with E-state index in [1.54, 1.807) is 12.1 Å². The zero-order valence-corrected chi connectivity index (χ0v) is 25.6. The number of likely N-dealkylation sites (tertiary alicyclic amines) is 1. The number of hydrogen-bond donors (Lipinski definition) is 0. The van der Waals surface area contributed by atoms with Crippen LogP contribution in [0.3, 0.4) is 0 Å². The van der Waals surface area contributed by atoms with Crippen LogP contribution in [0.25, 0.3) is 33.1 Å². The van der Waals surface area contributed by atoms with Crippen LogP contribution < -0.4 is 4.74 Å². The van der Waals surface area contributed by atoms with Crippen LogP contribution in [0.5, 0.6) is 5.75 Å². The summed E-state index contributed by atoms with van der Waals surface area (Å²) in [6, 6.07) is 28.1. The Kier molecular flexibility index (Phi) is 7.82. The standard InChI is InChI=1S/C39H35NO5/c1-25-11-13-28(14-12-25)35(41)37-26(2)31-19-20-32-34(38(31)45-37)33(27-9-5-3-6-10-27)39(44-32)36(42)29-15-17-30(18-16-29)43-24-23-40-21-7-4-8-22-40/h3,5-6,9-20H,4,7-8,21-24H2,1-2H3. The first-order valence-electron chi connectivity index (χ1n) is 15.6. The zero-order chi connectivity index (χ0) is 30.9. The minimum Gasteiger partial charge on any atom is -0.492 e. The van der Waals surface area contributed by atoms with E-state index in [0.29, 0.717) is 39.8 Å². The predicted molar refractivity (Wildman–Crippen MR) is 176 cm³/mol. The summed E-state index contributed by atoms with van der Waals surface area (Å²) in [6.07, 6.45) is 3.81. The molecule has 6 aromatic rings. The third-order valence-corrected chi connectivity index (χ3v) is 8.79. The van der Waals surface area contributed by atoms with Crippen molar-refractivity contribution in [2.45, 2.75) is 33.1 Å². The quantitative estimate of drug-likeness (QED) is 0.155. The van der Waals surface area contributed by atoms with E-state index < -0.39 is 0 Å². The second-order valence-electron chi connectivity index (χ2n) is 11.8. The Morgan fingerprint density at radius 3 is 2.11 bits per heavy atom. The molecule has 0 saturated carbocycles. The van der Waals surface area contributed by atoms with Crippen LogP contribution in [-0.2, 0) is 0 Å². The van der Waals surface area contributed by atoms with Crippen molar-refractivity contribution in [3.8, 4) is 16.9 Å². The van der Waals surface area contributed by atoms with Crippen LogP contribution >= 0.6 is 0 Å². The van der Waals surface area contributed by atoms with Crippen molar-refractivity contribution in [1.82, 2.24) is 4.90 Å². The van der Waals surface area contributed by atoms with Crippen LogP contribution in [0.1, 0.15) is 62.6 Å². The number of aryl methyl sites for hydroxylation is 2. The number of ether oxygens (including phenoxy) is 1. The van der Waals surface area contributed by atoms with Gasteiger partial charge in [0.15, 0.2) is 11.5 Å². The Morgan fingerprint density at radius 2 is 1.40 bits per heavy atom. The molecule has 2 aromatic heterocycles. The number of benzene rings is 4. The molecule has 0 aliphatic carbocycles. The van der Waals surface area contributed by atoms with Gasteiger partial charge >= 0.3 is 0 Å². The van der Waals surface area contributed by atoms with Gasteiger partial charge in [0.05, 0.1) is 5.39 Å². The monoisotopic (exact) mass is 597 g/mol. The number of ketones is 2. The summed E-state index contributed by atoms with van der Waals surface area (Å²) >= 11 is 0. The maximum absolute atomic E-state index is 14.0. The Bertz CT molecular complexity index is 1990. The molecule has 0 unspecified atom stereocenters. The lowest BCUT2D eigenvalue weighted by molar-refractivity contribution is 0.100. The van der Waals surface area contributed by atoms with Crippen molar-refractivity contribution < 1.29 is 23.2 Å². The molecular formula is C39H35NO5. The van der Waals surface area contributed by atoms with Crippen molar-refractivity contribution in [1.29, 1.82) is 0 Å². The molecule has 1 aliphatic heterocycles. The predicted octanol–water partition coefficient (Wildman–Crippen LogP) is 8.79. The van der Waals surface area contributed by atoms with Crippen molar-refractivity contribution in [3.63, 3.8) is 0 Å². The SMILES string of the molecule is Cc1ccc(C(=O)c2oc3c(ccc4oc(C(=O)c5ccc(OCCN6CCCCC6)cc5)c(-c5ccccc5)c43)c2C)cc1. The first-order chi connectivity index (χ1) is 22.0. The number of nitrogens with zero attached hydrogens (tertiary/aromatic N) is 1. The molecule has 1 saturated heterocycles. The largest absolute Gasteiger partial charge is 0.492 e. The number of hydrogen-bond acceptors (Lipinski definition) is 6. The van der Waals surface area contributed by atoms with Gasteiger partial charge in [-0.25, -0.2) is 0 Å². The summed E-state index contributed by atoms with van der Waals surface area (Å²) in [6.45, 7) is 7.66. The molecule has 0 amide bonds. The van der Waals surface area contributed by atoms with Crippen LogP contribution in [0.15, 0.2) is 99.8 Å². The molecule has 6 nitrogen and oxygen atoms in total. The molecular weight excluding hydrogens is 562 g/mol. The lowest BCUT2D eigenvalue weighted by Gasteiger charge is -2.26. The van der Waals surface area contributed by atoms with Gasteiger partial charge in [0.1, 0.15) is 23.5 Å². The van der Waals surface area contributed by atoms with Gasteiger partial charge in [0.25, 0.3) is 0 Å². The van der Waals surface area contributed by atoms with Gasteiger partial charge in [-0.2, -0.15) is 0 Å². The normalized spacial score (nSPS) is 13.8. The fourth-order valence-corrected chi connectivity index (χ4v) is 6.27. The molecule has 7 rings (SSSR count). The Balaban J connectivity index is 1.25. The minimum atomic E-state index is -0.239. The summed E-state index contributed by atoms with van der Waals surface area (Å²) in [4.78, 5) is 30.0. The molecule has 0 radical (unpaired) electrons. The van der Waals surface area contributed by atoms with E-state index in [1.807, 2.05) is 92.7 Å². The lowest BCUT2D eigenvalue weighted by atomic mass is 9.96. The van der Waals surface area contributed by atoms with Crippen LogP contribution in [-0.4, -0.2) is 42.7 Å². The Morgan fingerprint density at radius 1 is 0.733 bits per heavy atom. The second-order valence-corrected chi connectivity index (χ2v) is 11.8. The first-order valence-corrected chi connectivity index (χ1v) is 15.6. The third-order valence-electron chi connectivity index (χ3n) is 8.79. The number of fused-ring (bicyclic) bond motifs is 3. The van der Waals surface area contributed by atoms with E-state index in [-0.39, 0.29) is 23.1 Å². The molecule has 0 bridgehead atoms. The molecule has 0 atom stereocenters. The average molecular weight is 598 g/mol. The minimum absolute atomic E-state index is 0.184. The smallest absolute Gasteiger partial charge is 0.228 e. The van der Waals surface area contributed by atoms with E-state index >= 15 is 0 Å². The summed E-state index contributed by atoms with van der Waals surface area (Å²) in [5, 5.41) is 1.48. The maximum atomic E-state index is 14.0. The summed E-state index contributed by atoms with van der Waals surface area (Å²) in [5.74, 6) is 0.816. The zero-order valence-electron chi connectivity index (χ0n) is 25.6. The van der Waals surface area contributed by atoms with Crippen molar-refractivity contribution in [3.05, 3.63) is 125 Å². The number of rotatable bonds is 9. The average Bonchev–Trinajstić information content (AvgIpc) is 3.64. The highest BCUT2D eigenvalue weighted by atomic mass is 16.5. The van der Waals surface area contributed by atoms with E-state index in [2.05, 4.69) is 4.90 Å². The highest BCUT2D eigenvalue weighted by Crippen LogP contribution is 2.42. The first kappa shape index (κ1) is 28.8. The van der Waals surface area contributed by atoms with E-state index in [4.69, 9.17) is 13.6 Å². The number of carbonyl (C=O) groups is 2. The Labute approximate surface area is 262 Å². The molecule has 226 valence electrons. The van der Waals surface area contributed by atoms with Crippen LogP contribution in [0, 0.1) is 13.8 Å². The fourth-order valence-electron chi connectivity index (χ4n) is 6.27. The Hall–Kier alpha value is -4.94. The molecule has 6 heteroatoms. The number of furan rings is 2. The van der Waals surface area contributed by atoms with Gasteiger partial charge < -0.3 is 13.6 Å². The van der Waals surface area contributed by atoms with E-state index in [9.17, 15) is 9.59 Å². The summed E-state index contributed by atoms with van der Waals surface area (Å²) in [5.41, 5.74) is 5.40. The molecule has 0 spiro atoms. The molecule has 3 heterocycles. The van der Waals surface area contributed by atoms with Gasteiger partial charge in [-0.3, -0.25) is 14.5 Å². The molecule has 45 heavy (non-hydrogen) atoms. The lowest BCUT2D eigenvalue weighted by Crippen LogP contribution is -2.33. The second kappa shape index (κ2) is 12.2. The van der Waals surface area contributed by atoms with Crippen LogP contribution in [0.4, 0.5) is 0 Å². The van der Waals surface area contributed by atoms with Gasteiger partial charge in [0.2, 0.25) is 11.6 Å². The topological polar surface area (TPSA) is 72.9 Å². The highest BCUT2D eigenvalue weighted by molar-refractivity contribution is 6.21. The molecule has 4 aromatic carbocycles. The van der Waals surface area contributed by atoms with Crippen LogP contribution in [0.2, 0.25) is 0 Å². The van der Waals surface area contributed by atoms with Crippen molar-refractivity contribution >= 4 is 33.5 Å². The number of carbonyl (C=O) groups excluding carboxylic acids is 2. The highest BCUT2D eigenvalue weighted by Gasteiger charge is 2.28. The molecule has 1 fully saturated rings. The molecule has 0 N–H and O–H groups in total. The summed E-state index contributed by atoms with van der Waals surface area (Å²) in [7, 11) is 0. The maximum Gasteiger partial charge on any atom is 0.228 e. The van der Waals surface area contributed by atoms with Gasteiger partial charge in [-0.05, 0) is 81.7 Å². The fraction of sp³-hybridized carbons (Fsp3) is 0.231. The van der Waals surface area contributed by atoms with E-state index in [1.165, 1.54) is 19.3 Å². The van der Waals surface area contributed by atoms with Gasteiger partial charge in [-0.15, -0.1) is 0 Å². The molecule has 1 aliphatic rings. The van der Waals surface area contributed by atoms with E-state index in [0.717, 1.165) is 47.5 Å². The van der Waals surface area contributed by atoms with Crippen molar-refractivity contribution in [2.24, 2.45) is 0 Å².